The summed E-state index contributed by atoms with van der Waals surface area (Å²) in [5.41, 5.74) is 2.59. The molecule has 0 amide bonds. The molecule has 0 radical (unpaired) electrons. The molecule has 0 aliphatic carbocycles. The van der Waals surface area contributed by atoms with Crippen LogP contribution in [-0.4, -0.2) is 23.6 Å². The molecule has 2 aromatic rings. The molecule has 0 fully saturated rings. The number of aromatic nitrogens is 1. The maximum Gasteiger partial charge on any atom is 0.0900 e. The van der Waals surface area contributed by atoms with Crippen LogP contribution in [0.1, 0.15) is 5.56 Å². The van der Waals surface area contributed by atoms with E-state index < -0.39 is 0 Å². The maximum atomic E-state index is 3.67. The summed E-state index contributed by atoms with van der Waals surface area (Å²) in [5.74, 6) is 0. The van der Waals surface area contributed by atoms with Crippen LogP contribution in [-0.2, 0) is 13.6 Å². The van der Waals surface area contributed by atoms with Gasteiger partial charge in [-0.25, -0.2) is 0 Å². The second-order valence-electron chi connectivity index (χ2n) is 4.23. The zero-order valence-electron chi connectivity index (χ0n) is 9.59. The fraction of sp³-hybridized carbons (Fsp3) is 0.333. The first-order valence-corrected chi connectivity index (χ1v) is 6.66. The molecule has 1 heterocycles. The summed E-state index contributed by atoms with van der Waals surface area (Å²) >= 11 is 7.18. The number of benzene rings is 1. The number of fused-ring (bicyclic) bond motifs is 1. The number of rotatable bonds is 2. The Morgan fingerprint density at radius 1 is 1.25 bits per heavy atom. The van der Waals surface area contributed by atoms with Crippen molar-refractivity contribution < 1.29 is 0 Å². The topological polar surface area (TPSA) is 8.17 Å². The normalized spacial score (nSPS) is 11.6. The van der Waals surface area contributed by atoms with Crippen molar-refractivity contribution in [1.29, 1.82) is 0 Å². The van der Waals surface area contributed by atoms with Crippen molar-refractivity contribution in [3.8, 4) is 0 Å². The maximum absolute atomic E-state index is 3.67. The lowest BCUT2D eigenvalue weighted by molar-refractivity contribution is 0.403. The van der Waals surface area contributed by atoms with Gasteiger partial charge in [-0.05, 0) is 42.2 Å². The van der Waals surface area contributed by atoms with Crippen molar-refractivity contribution in [3.63, 3.8) is 0 Å². The second-order valence-corrected chi connectivity index (χ2v) is 5.89. The first-order chi connectivity index (χ1) is 7.50. The molecule has 0 bridgehead atoms. The number of hydrogen-bond acceptors (Lipinski definition) is 1. The lowest BCUT2D eigenvalue weighted by Gasteiger charge is -2.09. The van der Waals surface area contributed by atoms with Gasteiger partial charge in [0.25, 0.3) is 0 Å². The molecule has 86 valence electrons. The molecule has 0 N–H and O–H groups in total. The number of hydrogen-bond donors (Lipinski definition) is 0. The van der Waals surface area contributed by atoms with E-state index in [2.05, 4.69) is 80.7 Å². The smallest absolute Gasteiger partial charge is 0.0900 e. The van der Waals surface area contributed by atoms with Crippen molar-refractivity contribution in [3.05, 3.63) is 32.8 Å². The van der Waals surface area contributed by atoms with Crippen molar-refractivity contribution in [2.75, 3.05) is 14.1 Å². The van der Waals surface area contributed by atoms with Gasteiger partial charge in [0, 0.05) is 29.0 Å². The van der Waals surface area contributed by atoms with E-state index in [0.717, 1.165) is 15.6 Å². The van der Waals surface area contributed by atoms with Crippen LogP contribution >= 0.6 is 31.9 Å². The summed E-state index contributed by atoms with van der Waals surface area (Å²) in [7, 11) is 6.26. The Hall–Kier alpha value is -0.320. The predicted molar refractivity (Wildman–Crippen MR) is 75.7 cm³/mol. The number of aryl methyl sites for hydroxylation is 1. The van der Waals surface area contributed by atoms with Crippen LogP contribution < -0.4 is 0 Å². The highest BCUT2D eigenvalue weighted by Gasteiger charge is 2.13. The zero-order chi connectivity index (χ0) is 11.9. The van der Waals surface area contributed by atoms with E-state index in [-0.39, 0.29) is 0 Å². The average molecular weight is 346 g/mol. The van der Waals surface area contributed by atoms with E-state index in [0.29, 0.717) is 0 Å². The third-order valence-electron chi connectivity index (χ3n) is 2.66. The monoisotopic (exact) mass is 344 g/mol. The molecule has 0 saturated heterocycles. The van der Waals surface area contributed by atoms with E-state index in [1.807, 2.05) is 0 Å². The summed E-state index contributed by atoms with van der Waals surface area (Å²) < 4.78 is 4.46. The van der Waals surface area contributed by atoms with Crippen LogP contribution in [0.2, 0.25) is 0 Å². The van der Waals surface area contributed by atoms with E-state index in [4.69, 9.17) is 0 Å². The summed E-state index contributed by atoms with van der Waals surface area (Å²) in [6, 6.07) is 6.41. The van der Waals surface area contributed by atoms with E-state index in [1.165, 1.54) is 16.5 Å². The van der Waals surface area contributed by atoms with Crippen molar-refractivity contribution in [2.45, 2.75) is 6.54 Å². The van der Waals surface area contributed by atoms with Crippen molar-refractivity contribution >= 4 is 42.8 Å². The standard InChI is InChI=1S/C12H14Br2N2/c1-15(2)7-10-9-5-4-8(13)6-11(9)16(3)12(10)14/h4-6H,7H2,1-3H3. The molecule has 0 saturated carbocycles. The lowest BCUT2D eigenvalue weighted by Crippen LogP contribution is -2.10. The Labute approximate surface area is 112 Å². The minimum Gasteiger partial charge on any atom is -0.338 e. The van der Waals surface area contributed by atoms with Crippen molar-refractivity contribution in [1.82, 2.24) is 9.47 Å². The SMILES string of the molecule is CN(C)Cc1c(Br)n(C)c2cc(Br)ccc12. The second kappa shape index (κ2) is 4.51. The third-order valence-corrected chi connectivity index (χ3v) is 4.17. The fourth-order valence-electron chi connectivity index (χ4n) is 1.92. The minimum absolute atomic E-state index is 0.944. The largest absolute Gasteiger partial charge is 0.338 e. The van der Waals surface area contributed by atoms with E-state index >= 15 is 0 Å². The third kappa shape index (κ3) is 2.06. The molecule has 1 aromatic heterocycles. The van der Waals surface area contributed by atoms with Gasteiger partial charge in [0.05, 0.1) is 10.1 Å². The molecule has 0 aliphatic rings. The van der Waals surface area contributed by atoms with Crippen LogP contribution in [0.3, 0.4) is 0 Å². The van der Waals surface area contributed by atoms with Gasteiger partial charge >= 0.3 is 0 Å². The van der Waals surface area contributed by atoms with Crippen LogP contribution in [0.25, 0.3) is 10.9 Å². The Balaban J connectivity index is 2.69. The van der Waals surface area contributed by atoms with Crippen molar-refractivity contribution in [2.24, 2.45) is 7.05 Å². The molecule has 2 nitrogen and oxygen atoms in total. The molecule has 0 unspecified atom stereocenters. The molecule has 16 heavy (non-hydrogen) atoms. The lowest BCUT2D eigenvalue weighted by atomic mass is 10.2. The van der Waals surface area contributed by atoms with Gasteiger partial charge in [-0.15, -0.1) is 0 Å². The quantitative estimate of drug-likeness (QED) is 0.804. The first-order valence-electron chi connectivity index (χ1n) is 5.07. The summed E-state index contributed by atoms with van der Waals surface area (Å²) in [4.78, 5) is 2.18. The van der Waals surface area contributed by atoms with Gasteiger partial charge in [-0.3, -0.25) is 0 Å². The minimum atomic E-state index is 0.944. The molecule has 0 atom stereocenters. The number of halogens is 2. The van der Waals surface area contributed by atoms with Crippen LogP contribution in [0.4, 0.5) is 0 Å². The molecular weight excluding hydrogens is 332 g/mol. The highest BCUT2D eigenvalue weighted by Crippen LogP contribution is 2.31. The summed E-state index contributed by atoms with van der Waals surface area (Å²) in [6.45, 7) is 0.944. The highest BCUT2D eigenvalue weighted by molar-refractivity contribution is 9.10. The molecule has 0 spiro atoms. The average Bonchev–Trinajstić information content (AvgIpc) is 2.43. The Morgan fingerprint density at radius 2 is 1.94 bits per heavy atom. The zero-order valence-corrected chi connectivity index (χ0v) is 12.8. The summed E-state index contributed by atoms with van der Waals surface area (Å²) in [5, 5.41) is 1.31. The van der Waals surface area contributed by atoms with Gasteiger partial charge < -0.3 is 9.47 Å². The molecule has 0 aliphatic heterocycles. The van der Waals surface area contributed by atoms with Gasteiger partial charge in [0.15, 0.2) is 0 Å². The highest BCUT2D eigenvalue weighted by atomic mass is 79.9. The van der Waals surface area contributed by atoms with Gasteiger partial charge in [-0.2, -0.15) is 0 Å². The van der Waals surface area contributed by atoms with E-state index in [9.17, 15) is 0 Å². The van der Waals surface area contributed by atoms with E-state index in [1.54, 1.807) is 0 Å². The van der Waals surface area contributed by atoms with Crippen LogP contribution in [0, 0.1) is 0 Å². The molecular formula is C12H14Br2N2. The molecule has 4 heteroatoms. The Bertz CT molecular complexity index is 529. The fourth-order valence-corrected chi connectivity index (χ4v) is 2.80. The number of nitrogens with zero attached hydrogens (tertiary/aromatic N) is 2. The molecule has 1 aromatic carbocycles. The first kappa shape index (κ1) is 12.1. The Kier molecular flexibility index (Phi) is 3.42. The summed E-state index contributed by atoms with van der Waals surface area (Å²) in [6.07, 6.45) is 0. The Morgan fingerprint density at radius 3 is 2.56 bits per heavy atom. The van der Waals surface area contributed by atoms with Crippen LogP contribution in [0.15, 0.2) is 27.3 Å². The van der Waals surface area contributed by atoms with Gasteiger partial charge in [-0.1, -0.05) is 22.0 Å². The van der Waals surface area contributed by atoms with Crippen LogP contribution in [0.5, 0.6) is 0 Å². The van der Waals surface area contributed by atoms with Gasteiger partial charge in [0.1, 0.15) is 0 Å². The molecule has 2 rings (SSSR count). The van der Waals surface area contributed by atoms with Gasteiger partial charge in [0.2, 0.25) is 0 Å². The predicted octanol–water partition coefficient (Wildman–Crippen LogP) is 3.76.